The van der Waals surface area contributed by atoms with Crippen LogP contribution in [-0.2, 0) is 20.6 Å². The van der Waals surface area contributed by atoms with Gasteiger partial charge in [0.15, 0.2) is 9.84 Å². The molecule has 2 N–H and O–H groups in total. The molecule has 0 rings (SSSR count). The molecular weight excluding hydrogens is 222 g/mol. The maximum absolute atomic E-state index is 11.4. The first kappa shape index (κ1) is 14.1. The third-order valence-electron chi connectivity index (χ3n) is 1.59. The van der Waals surface area contributed by atoms with Crippen LogP contribution in [0.5, 0.6) is 0 Å². The average Bonchev–Trinajstić information content (AvgIpc) is 1.98. The van der Waals surface area contributed by atoms with Crippen molar-refractivity contribution in [3.63, 3.8) is 0 Å². The van der Waals surface area contributed by atoms with Crippen LogP contribution in [0.25, 0.3) is 0 Å². The molecule has 0 aliphatic carbocycles. The first-order valence-corrected chi connectivity index (χ1v) is 7.81. The molecule has 0 amide bonds. The van der Waals surface area contributed by atoms with Gasteiger partial charge in [-0.1, -0.05) is 6.92 Å². The van der Waals surface area contributed by atoms with Crippen molar-refractivity contribution in [1.82, 2.24) is 0 Å². The molecule has 0 aliphatic heterocycles. The summed E-state index contributed by atoms with van der Waals surface area (Å²) >= 11 is 0. The minimum absolute atomic E-state index is 0.00775. The lowest BCUT2D eigenvalue weighted by atomic mass is 10.1. The van der Waals surface area contributed by atoms with Crippen LogP contribution in [0.4, 0.5) is 0 Å². The fourth-order valence-electron chi connectivity index (χ4n) is 0.851. The molecule has 86 valence electrons. The lowest BCUT2D eigenvalue weighted by Gasteiger charge is -2.17. The normalized spacial score (nSPS) is 15.4. The van der Waals surface area contributed by atoms with E-state index in [-0.39, 0.29) is 17.3 Å². The Hall–Kier alpha value is 0.0600. The summed E-state index contributed by atoms with van der Waals surface area (Å²) in [5.41, 5.74) is 5.17. The van der Waals surface area contributed by atoms with Gasteiger partial charge in [0, 0.05) is 33.6 Å². The molecule has 0 radical (unpaired) electrons. The smallest absolute Gasteiger partial charge is 0.150 e. The van der Waals surface area contributed by atoms with Gasteiger partial charge in [-0.25, -0.2) is 8.42 Å². The van der Waals surface area contributed by atoms with Gasteiger partial charge in [-0.3, -0.25) is 4.21 Å². The summed E-state index contributed by atoms with van der Waals surface area (Å²) in [4.78, 5) is 0. The summed E-state index contributed by atoms with van der Waals surface area (Å²) in [6, 6.07) is 0. The standard InChI is InChI=1S/C8H19NO3S2/c1-4-14(11,12)6-5-13(10)7-8(2,3)9/h4-7,9H2,1-3H3. The monoisotopic (exact) mass is 241 g/mol. The first-order valence-electron chi connectivity index (χ1n) is 4.50. The molecule has 1 unspecified atom stereocenters. The van der Waals surface area contributed by atoms with Gasteiger partial charge in [-0.2, -0.15) is 0 Å². The molecule has 14 heavy (non-hydrogen) atoms. The quantitative estimate of drug-likeness (QED) is 0.705. The van der Waals surface area contributed by atoms with Crippen molar-refractivity contribution in [2.24, 2.45) is 5.73 Å². The van der Waals surface area contributed by atoms with E-state index in [4.69, 9.17) is 5.73 Å². The topological polar surface area (TPSA) is 77.2 Å². The van der Waals surface area contributed by atoms with E-state index in [1.54, 1.807) is 20.8 Å². The molecule has 4 nitrogen and oxygen atoms in total. The third kappa shape index (κ3) is 7.46. The van der Waals surface area contributed by atoms with E-state index in [2.05, 4.69) is 0 Å². The molecular formula is C8H19NO3S2. The van der Waals surface area contributed by atoms with Crippen molar-refractivity contribution in [1.29, 1.82) is 0 Å². The Kier molecular flexibility index (Phi) is 5.25. The number of rotatable bonds is 6. The highest BCUT2D eigenvalue weighted by molar-refractivity contribution is 7.93. The Labute approximate surface area is 88.6 Å². The lowest BCUT2D eigenvalue weighted by Crippen LogP contribution is -2.39. The van der Waals surface area contributed by atoms with Crippen LogP contribution in [0.1, 0.15) is 20.8 Å². The Balaban J connectivity index is 4.00. The second kappa shape index (κ2) is 5.23. The maximum Gasteiger partial charge on any atom is 0.150 e. The van der Waals surface area contributed by atoms with Crippen LogP contribution < -0.4 is 5.73 Å². The van der Waals surface area contributed by atoms with Gasteiger partial charge in [0.1, 0.15) is 0 Å². The van der Waals surface area contributed by atoms with E-state index in [0.717, 1.165) is 0 Å². The summed E-state index contributed by atoms with van der Waals surface area (Å²) in [5.74, 6) is 0.630. The minimum Gasteiger partial charge on any atom is -0.325 e. The average molecular weight is 241 g/mol. The van der Waals surface area contributed by atoms with E-state index in [9.17, 15) is 12.6 Å². The number of hydrogen-bond acceptors (Lipinski definition) is 4. The predicted octanol–water partition coefficient (Wildman–Crippen LogP) is -0.0929. The van der Waals surface area contributed by atoms with Crippen LogP contribution in [-0.4, -0.2) is 41.2 Å². The summed E-state index contributed by atoms with van der Waals surface area (Å²) in [5, 5.41) is 0. The maximum atomic E-state index is 11.4. The molecule has 0 aliphatic rings. The van der Waals surface area contributed by atoms with E-state index >= 15 is 0 Å². The molecule has 0 saturated heterocycles. The van der Waals surface area contributed by atoms with Crippen molar-refractivity contribution in [3.05, 3.63) is 0 Å². The van der Waals surface area contributed by atoms with Crippen molar-refractivity contribution in [2.75, 3.05) is 23.0 Å². The summed E-state index contributed by atoms with van der Waals surface area (Å²) < 4.78 is 33.6. The second-order valence-electron chi connectivity index (χ2n) is 4.01. The van der Waals surface area contributed by atoms with Crippen LogP contribution in [0, 0.1) is 0 Å². The molecule has 0 aromatic carbocycles. The zero-order chi connectivity index (χ0) is 11.4. The predicted molar refractivity (Wildman–Crippen MR) is 60.5 cm³/mol. The lowest BCUT2D eigenvalue weighted by molar-refractivity contribution is 0.576. The largest absolute Gasteiger partial charge is 0.325 e. The number of nitrogens with two attached hydrogens (primary N) is 1. The molecule has 0 fully saturated rings. The van der Waals surface area contributed by atoms with Crippen LogP contribution in [0.15, 0.2) is 0 Å². The highest BCUT2D eigenvalue weighted by atomic mass is 32.2. The molecule has 0 aromatic heterocycles. The molecule has 6 heteroatoms. The van der Waals surface area contributed by atoms with Gasteiger partial charge >= 0.3 is 0 Å². The first-order chi connectivity index (χ1) is 6.16. The summed E-state index contributed by atoms with van der Waals surface area (Å²) in [6.07, 6.45) is 0. The molecule has 1 atom stereocenters. The molecule has 0 saturated carbocycles. The van der Waals surface area contributed by atoms with E-state index in [1.807, 2.05) is 0 Å². The Morgan fingerprint density at radius 1 is 1.36 bits per heavy atom. The molecule has 0 bridgehead atoms. The minimum atomic E-state index is -3.00. The fraction of sp³-hybridized carbons (Fsp3) is 1.00. The van der Waals surface area contributed by atoms with Gasteiger partial charge < -0.3 is 5.73 Å². The highest BCUT2D eigenvalue weighted by Crippen LogP contribution is 2.01. The van der Waals surface area contributed by atoms with Crippen molar-refractivity contribution in [2.45, 2.75) is 26.3 Å². The van der Waals surface area contributed by atoms with Gasteiger partial charge in [0.2, 0.25) is 0 Å². The Bertz CT molecular complexity index is 290. The highest BCUT2D eigenvalue weighted by Gasteiger charge is 2.17. The van der Waals surface area contributed by atoms with Gasteiger partial charge in [-0.15, -0.1) is 0 Å². The van der Waals surface area contributed by atoms with E-state index < -0.39 is 26.2 Å². The number of hydrogen-bond donors (Lipinski definition) is 1. The van der Waals surface area contributed by atoms with Crippen molar-refractivity contribution < 1.29 is 12.6 Å². The fourth-order valence-corrected chi connectivity index (χ4v) is 3.87. The van der Waals surface area contributed by atoms with Crippen molar-refractivity contribution >= 4 is 20.6 Å². The van der Waals surface area contributed by atoms with Gasteiger partial charge in [-0.05, 0) is 13.8 Å². The Morgan fingerprint density at radius 2 is 1.86 bits per heavy atom. The summed E-state index contributed by atoms with van der Waals surface area (Å²) in [6.45, 7) is 5.14. The summed E-state index contributed by atoms with van der Waals surface area (Å²) in [7, 11) is -4.15. The van der Waals surface area contributed by atoms with Crippen LogP contribution in [0.3, 0.4) is 0 Å². The van der Waals surface area contributed by atoms with E-state index in [1.165, 1.54) is 0 Å². The zero-order valence-electron chi connectivity index (χ0n) is 8.95. The molecule has 0 heterocycles. The molecule has 0 aromatic rings. The molecule has 0 spiro atoms. The van der Waals surface area contributed by atoms with Gasteiger partial charge in [0.25, 0.3) is 0 Å². The zero-order valence-corrected chi connectivity index (χ0v) is 10.6. The second-order valence-corrected chi connectivity index (χ2v) is 8.06. The van der Waals surface area contributed by atoms with E-state index in [0.29, 0.717) is 5.75 Å². The Morgan fingerprint density at radius 3 is 2.21 bits per heavy atom. The third-order valence-corrected chi connectivity index (χ3v) is 5.28. The SMILES string of the molecule is CCS(=O)(=O)CCS(=O)CC(C)(C)N. The van der Waals surface area contributed by atoms with Gasteiger partial charge in [0.05, 0.1) is 5.75 Å². The van der Waals surface area contributed by atoms with Crippen LogP contribution in [0.2, 0.25) is 0 Å². The van der Waals surface area contributed by atoms with Crippen LogP contribution >= 0.6 is 0 Å². The number of sulfone groups is 1. The van der Waals surface area contributed by atoms with Crippen molar-refractivity contribution in [3.8, 4) is 0 Å².